The van der Waals surface area contributed by atoms with E-state index in [0.717, 1.165) is 12.0 Å². The summed E-state index contributed by atoms with van der Waals surface area (Å²) in [5.41, 5.74) is 1.51. The highest BCUT2D eigenvalue weighted by molar-refractivity contribution is 5.17. The van der Waals surface area contributed by atoms with Crippen molar-refractivity contribution in [1.82, 2.24) is 4.57 Å². The average molecular weight is 135 g/mol. The molecule has 0 radical (unpaired) electrons. The molecule has 1 nitrogen and oxygen atoms in total. The van der Waals surface area contributed by atoms with Crippen molar-refractivity contribution in [3.8, 4) is 0 Å². The maximum atomic E-state index is 2.38. The first-order valence-corrected chi connectivity index (χ1v) is 3.96. The molecule has 1 aromatic rings. The Morgan fingerprint density at radius 2 is 2.30 bits per heavy atom. The van der Waals surface area contributed by atoms with Crippen molar-refractivity contribution in [2.75, 3.05) is 0 Å². The molecule has 1 heteroatoms. The van der Waals surface area contributed by atoms with Gasteiger partial charge >= 0.3 is 0 Å². The van der Waals surface area contributed by atoms with Crippen molar-refractivity contribution < 1.29 is 0 Å². The minimum absolute atomic E-state index is 0.722. The predicted octanol–water partition coefficient (Wildman–Crippen LogP) is 2.56. The van der Waals surface area contributed by atoms with Crippen LogP contribution in [0.25, 0.3) is 0 Å². The second-order valence-electron chi connectivity index (χ2n) is 3.33. The van der Waals surface area contributed by atoms with Gasteiger partial charge in [0.15, 0.2) is 0 Å². The molecule has 0 amide bonds. The number of rotatable bonds is 0. The molecule has 54 valence electrons. The van der Waals surface area contributed by atoms with E-state index >= 15 is 0 Å². The zero-order chi connectivity index (χ0) is 7.14. The number of hydrogen-bond acceptors (Lipinski definition) is 0. The highest BCUT2D eigenvalue weighted by Crippen LogP contribution is 2.35. The molecule has 2 heterocycles. The van der Waals surface area contributed by atoms with Gasteiger partial charge < -0.3 is 4.57 Å². The Kier molecular flexibility index (Phi) is 1.13. The molecule has 0 fully saturated rings. The van der Waals surface area contributed by atoms with Crippen molar-refractivity contribution in [2.24, 2.45) is 0 Å². The van der Waals surface area contributed by atoms with Crippen molar-refractivity contribution in [2.45, 2.75) is 32.2 Å². The van der Waals surface area contributed by atoms with Crippen LogP contribution in [0, 0.1) is 0 Å². The predicted molar refractivity (Wildman–Crippen MR) is 42.2 cm³/mol. The van der Waals surface area contributed by atoms with Crippen LogP contribution in [0.4, 0.5) is 0 Å². The van der Waals surface area contributed by atoms with Crippen LogP contribution < -0.4 is 0 Å². The molecule has 0 N–H and O–H groups in total. The normalized spacial score (nSPS) is 30.6. The van der Waals surface area contributed by atoms with Gasteiger partial charge in [-0.15, -0.1) is 0 Å². The number of nitrogens with zero attached hydrogens (tertiary/aromatic N) is 1. The SMILES string of the molecule is CC1C[C@@H](C)n2cccc21. The Balaban J connectivity index is 2.48. The van der Waals surface area contributed by atoms with Gasteiger partial charge in [-0.1, -0.05) is 6.92 Å². The van der Waals surface area contributed by atoms with Gasteiger partial charge in [0, 0.05) is 17.9 Å². The molecule has 0 bridgehead atoms. The first-order valence-electron chi connectivity index (χ1n) is 3.96. The van der Waals surface area contributed by atoms with Gasteiger partial charge in [-0.25, -0.2) is 0 Å². The monoisotopic (exact) mass is 135 g/mol. The van der Waals surface area contributed by atoms with Gasteiger partial charge in [0.05, 0.1) is 0 Å². The van der Waals surface area contributed by atoms with E-state index in [2.05, 4.69) is 36.7 Å². The van der Waals surface area contributed by atoms with Gasteiger partial charge in [0.2, 0.25) is 0 Å². The lowest BCUT2D eigenvalue weighted by molar-refractivity contribution is 0.560. The quantitative estimate of drug-likeness (QED) is 0.515. The van der Waals surface area contributed by atoms with Crippen LogP contribution in [0.15, 0.2) is 18.3 Å². The molecule has 2 atom stereocenters. The van der Waals surface area contributed by atoms with Gasteiger partial charge in [-0.3, -0.25) is 0 Å². The number of hydrogen-bond donors (Lipinski definition) is 0. The lowest BCUT2D eigenvalue weighted by Gasteiger charge is -2.03. The van der Waals surface area contributed by atoms with E-state index in [1.54, 1.807) is 0 Å². The summed E-state index contributed by atoms with van der Waals surface area (Å²) in [5, 5.41) is 0. The van der Waals surface area contributed by atoms with E-state index < -0.39 is 0 Å². The van der Waals surface area contributed by atoms with Crippen molar-refractivity contribution >= 4 is 0 Å². The van der Waals surface area contributed by atoms with Crippen LogP contribution in [-0.4, -0.2) is 4.57 Å². The molecule has 1 aliphatic heterocycles. The fraction of sp³-hybridized carbons (Fsp3) is 0.556. The minimum atomic E-state index is 0.722. The Morgan fingerprint density at radius 1 is 1.50 bits per heavy atom. The molecular formula is C9H13N. The first kappa shape index (κ1) is 6.02. The van der Waals surface area contributed by atoms with Gasteiger partial charge in [-0.05, 0) is 31.4 Å². The fourth-order valence-electron chi connectivity index (χ4n) is 1.97. The summed E-state index contributed by atoms with van der Waals surface area (Å²) < 4.78 is 2.38. The van der Waals surface area contributed by atoms with Crippen LogP contribution in [-0.2, 0) is 0 Å². The first-order chi connectivity index (χ1) is 4.79. The van der Waals surface area contributed by atoms with Crippen LogP contribution in [0.1, 0.15) is 37.9 Å². The van der Waals surface area contributed by atoms with Crippen LogP contribution >= 0.6 is 0 Å². The zero-order valence-corrected chi connectivity index (χ0v) is 6.54. The molecule has 2 rings (SSSR count). The summed E-state index contributed by atoms with van der Waals surface area (Å²) in [6.07, 6.45) is 3.50. The molecule has 0 saturated heterocycles. The molecule has 1 unspecified atom stereocenters. The minimum Gasteiger partial charge on any atom is -0.348 e. The summed E-state index contributed by atoms with van der Waals surface area (Å²) in [4.78, 5) is 0. The van der Waals surface area contributed by atoms with Crippen molar-refractivity contribution in [3.63, 3.8) is 0 Å². The molecular weight excluding hydrogens is 122 g/mol. The average Bonchev–Trinajstić information content (AvgIpc) is 2.39. The van der Waals surface area contributed by atoms with E-state index in [1.807, 2.05) is 0 Å². The van der Waals surface area contributed by atoms with Gasteiger partial charge in [-0.2, -0.15) is 0 Å². The highest BCUT2D eigenvalue weighted by atomic mass is 15.0. The maximum Gasteiger partial charge on any atom is 0.0311 e. The number of fused-ring (bicyclic) bond motifs is 1. The maximum absolute atomic E-state index is 2.38. The molecule has 0 spiro atoms. The van der Waals surface area contributed by atoms with Crippen LogP contribution in [0.2, 0.25) is 0 Å². The molecule has 1 aromatic heterocycles. The van der Waals surface area contributed by atoms with Crippen molar-refractivity contribution in [3.05, 3.63) is 24.0 Å². The smallest absolute Gasteiger partial charge is 0.0311 e. The van der Waals surface area contributed by atoms with E-state index in [-0.39, 0.29) is 0 Å². The third kappa shape index (κ3) is 0.634. The lowest BCUT2D eigenvalue weighted by Crippen LogP contribution is -1.94. The third-order valence-corrected chi connectivity index (χ3v) is 2.49. The lowest BCUT2D eigenvalue weighted by atomic mass is 10.1. The topological polar surface area (TPSA) is 4.93 Å². The summed E-state index contributed by atoms with van der Waals surface area (Å²) >= 11 is 0. The largest absolute Gasteiger partial charge is 0.348 e. The zero-order valence-electron chi connectivity index (χ0n) is 6.54. The van der Waals surface area contributed by atoms with Crippen molar-refractivity contribution in [1.29, 1.82) is 0 Å². The molecule has 0 saturated carbocycles. The van der Waals surface area contributed by atoms with Crippen LogP contribution in [0.3, 0.4) is 0 Å². The van der Waals surface area contributed by atoms with Crippen LogP contribution in [0.5, 0.6) is 0 Å². The molecule has 0 aliphatic carbocycles. The highest BCUT2D eigenvalue weighted by Gasteiger charge is 2.22. The Bertz CT molecular complexity index is 214. The standard InChI is InChI=1S/C9H13N/c1-7-6-8(2)10-5-3-4-9(7)10/h3-5,7-8H,6H2,1-2H3/t7?,8-/m1/s1. The molecule has 1 aliphatic rings. The summed E-state index contributed by atoms with van der Waals surface area (Å²) in [6.45, 7) is 4.59. The summed E-state index contributed by atoms with van der Waals surface area (Å²) in [6, 6.07) is 5.09. The Morgan fingerprint density at radius 3 is 3.00 bits per heavy atom. The van der Waals surface area contributed by atoms with E-state index in [0.29, 0.717) is 0 Å². The van der Waals surface area contributed by atoms with E-state index in [1.165, 1.54) is 12.1 Å². The molecule has 0 aromatic carbocycles. The second-order valence-corrected chi connectivity index (χ2v) is 3.33. The van der Waals surface area contributed by atoms with Gasteiger partial charge in [0.1, 0.15) is 0 Å². The molecule has 10 heavy (non-hydrogen) atoms. The van der Waals surface area contributed by atoms with E-state index in [4.69, 9.17) is 0 Å². The fourth-order valence-corrected chi connectivity index (χ4v) is 1.97. The van der Waals surface area contributed by atoms with E-state index in [9.17, 15) is 0 Å². The third-order valence-electron chi connectivity index (χ3n) is 2.49. The Hall–Kier alpha value is -0.720. The Labute approximate surface area is 61.7 Å². The number of aromatic nitrogens is 1. The second kappa shape index (κ2) is 1.88. The summed E-state index contributed by atoms with van der Waals surface area (Å²) in [7, 11) is 0. The summed E-state index contributed by atoms with van der Waals surface area (Å²) in [5.74, 6) is 0.769. The van der Waals surface area contributed by atoms with Gasteiger partial charge in [0.25, 0.3) is 0 Å².